The first kappa shape index (κ1) is 10.6. The molecule has 1 aromatic rings. The molecule has 1 aliphatic heterocycles. The number of para-hydroxylation sites is 1. The van der Waals surface area contributed by atoms with Crippen molar-refractivity contribution in [2.75, 3.05) is 12.0 Å². The fourth-order valence-corrected chi connectivity index (χ4v) is 1.80. The lowest BCUT2D eigenvalue weighted by Crippen LogP contribution is -2.41. The normalized spacial score (nSPS) is 23.2. The summed E-state index contributed by atoms with van der Waals surface area (Å²) < 4.78 is 4.51. The number of ether oxygens (including phenoxy) is 1. The van der Waals surface area contributed by atoms with E-state index in [1.807, 2.05) is 0 Å². The van der Waals surface area contributed by atoms with Gasteiger partial charge in [0.15, 0.2) is 5.60 Å². The lowest BCUT2D eigenvalue weighted by Gasteiger charge is -2.16. The highest BCUT2D eigenvalue weighted by atomic mass is 16.5. The van der Waals surface area contributed by atoms with Crippen LogP contribution in [-0.4, -0.2) is 24.2 Å². The fourth-order valence-electron chi connectivity index (χ4n) is 1.80. The molecular formula is C11H11NO4. The van der Waals surface area contributed by atoms with E-state index in [1.54, 1.807) is 24.3 Å². The molecule has 0 saturated carbocycles. The van der Waals surface area contributed by atoms with Crippen molar-refractivity contribution in [3.8, 4) is 0 Å². The second-order valence-electron chi connectivity index (χ2n) is 3.70. The number of carbonyl (C=O) groups is 2. The first-order valence-corrected chi connectivity index (χ1v) is 4.74. The van der Waals surface area contributed by atoms with Gasteiger partial charge in [0.05, 0.1) is 12.8 Å². The summed E-state index contributed by atoms with van der Waals surface area (Å²) in [5, 5.41) is 10.0. The minimum Gasteiger partial charge on any atom is -0.452 e. The third-order valence-electron chi connectivity index (χ3n) is 2.65. The Hall–Kier alpha value is -1.88. The number of anilines is 1. The zero-order valence-electron chi connectivity index (χ0n) is 8.93. The van der Waals surface area contributed by atoms with E-state index in [4.69, 9.17) is 0 Å². The Balaban J connectivity index is 2.60. The summed E-state index contributed by atoms with van der Waals surface area (Å²) in [4.78, 5) is 24.1. The van der Waals surface area contributed by atoms with E-state index in [2.05, 4.69) is 4.74 Å². The highest BCUT2D eigenvalue weighted by Gasteiger charge is 2.49. The van der Waals surface area contributed by atoms with Crippen molar-refractivity contribution in [2.24, 2.45) is 0 Å². The SMILES string of the molecule is COC(=O)N1C(=O)C(C)(O)c2ccccc21. The second-order valence-corrected chi connectivity index (χ2v) is 3.70. The number of nitrogens with zero attached hydrogens (tertiary/aromatic N) is 1. The van der Waals surface area contributed by atoms with Gasteiger partial charge in [-0.05, 0) is 13.0 Å². The predicted octanol–water partition coefficient (Wildman–Crippen LogP) is 1.01. The van der Waals surface area contributed by atoms with Gasteiger partial charge in [0.25, 0.3) is 5.91 Å². The molecule has 5 heteroatoms. The van der Waals surface area contributed by atoms with Crippen molar-refractivity contribution in [3.05, 3.63) is 29.8 Å². The number of fused-ring (bicyclic) bond motifs is 1. The van der Waals surface area contributed by atoms with Gasteiger partial charge in [-0.15, -0.1) is 0 Å². The van der Waals surface area contributed by atoms with Crippen molar-refractivity contribution in [1.82, 2.24) is 0 Å². The van der Waals surface area contributed by atoms with Crippen LogP contribution in [0.25, 0.3) is 0 Å². The zero-order valence-corrected chi connectivity index (χ0v) is 8.93. The molecule has 2 amide bonds. The predicted molar refractivity (Wildman–Crippen MR) is 55.9 cm³/mol. The summed E-state index contributed by atoms with van der Waals surface area (Å²) in [5.74, 6) is -0.694. The molecule has 0 radical (unpaired) electrons. The smallest absolute Gasteiger partial charge is 0.421 e. The molecule has 1 N–H and O–H groups in total. The largest absolute Gasteiger partial charge is 0.452 e. The van der Waals surface area contributed by atoms with E-state index in [9.17, 15) is 14.7 Å². The Kier molecular flexibility index (Phi) is 2.20. The maximum atomic E-state index is 11.9. The van der Waals surface area contributed by atoms with E-state index in [1.165, 1.54) is 14.0 Å². The topological polar surface area (TPSA) is 66.8 Å². The molecule has 0 saturated heterocycles. The fraction of sp³-hybridized carbons (Fsp3) is 0.273. The lowest BCUT2D eigenvalue weighted by molar-refractivity contribution is -0.133. The van der Waals surface area contributed by atoms with Gasteiger partial charge in [0.1, 0.15) is 0 Å². The Bertz CT molecular complexity index is 467. The molecule has 0 aromatic heterocycles. The number of hydrogen-bond acceptors (Lipinski definition) is 4. The molecule has 2 rings (SSSR count). The molecule has 1 unspecified atom stereocenters. The Morgan fingerprint density at radius 3 is 2.69 bits per heavy atom. The minimum atomic E-state index is -1.68. The van der Waals surface area contributed by atoms with E-state index in [0.717, 1.165) is 4.90 Å². The molecule has 1 aromatic carbocycles. The molecule has 16 heavy (non-hydrogen) atoms. The number of methoxy groups -OCH3 is 1. The van der Waals surface area contributed by atoms with Gasteiger partial charge in [0.2, 0.25) is 0 Å². The van der Waals surface area contributed by atoms with Gasteiger partial charge in [0, 0.05) is 5.56 Å². The van der Waals surface area contributed by atoms with Gasteiger partial charge < -0.3 is 9.84 Å². The van der Waals surface area contributed by atoms with Crippen LogP contribution in [0.15, 0.2) is 24.3 Å². The van der Waals surface area contributed by atoms with Crippen molar-refractivity contribution in [3.63, 3.8) is 0 Å². The molecule has 0 bridgehead atoms. The van der Waals surface area contributed by atoms with Crippen LogP contribution in [0.4, 0.5) is 10.5 Å². The molecule has 5 nitrogen and oxygen atoms in total. The number of rotatable bonds is 0. The molecule has 0 spiro atoms. The van der Waals surface area contributed by atoms with Crippen molar-refractivity contribution in [1.29, 1.82) is 0 Å². The van der Waals surface area contributed by atoms with Crippen LogP contribution in [0, 0.1) is 0 Å². The van der Waals surface area contributed by atoms with E-state index < -0.39 is 17.6 Å². The highest BCUT2D eigenvalue weighted by molar-refractivity contribution is 6.20. The maximum Gasteiger partial charge on any atom is 0.421 e. The summed E-state index contributed by atoms with van der Waals surface area (Å²) in [6, 6.07) is 6.58. The molecule has 1 atom stereocenters. The zero-order chi connectivity index (χ0) is 11.9. The number of aliphatic hydroxyl groups is 1. The van der Waals surface area contributed by atoms with E-state index in [0.29, 0.717) is 11.3 Å². The average Bonchev–Trinajstić information content (AvgIpc) is 2.48. The van der Waals surface area contributed by atoms with Crippen LogP contribution in [0.1, 0.15) is 12.5 Å². The number of hydrogen-bond donors (Lipinski definition) is 1. The Morgan fingerprint density at radius 1 is 1.44 bits per heavy atom. The van der Waals surface area contributed by atoms with Crippen molar-refractivity contribution >= 4 is 17.7 Å². The van der Waals surface area contributed by atoms with Crippen LogP contribution < -0.4 is 4.90 Å². The van der Waals surface area contributed by atoms with Crippen LogP contribution in [-0.2, 0) is 15.1 Å². The third kappa shape index (κ3) is 1.22. The molecule has 1 aliphatic rings. The summed E-state index contributed by atoms with van der Waals surface area (Å²) in [5.41, 5.74) is -0.903. The first-order chi connectivity index (χ1) is 7.50. The van der Waals surface area contributed by atoms with Gasteiger partial charge in [-0.3, -0.25) is 4.79 Å². The third-order valence-corrected chi connectivity index (χ3v) is 2.65. The van der Waals surface area contributed by atoms with Gasteiger partial charge in [-0.2, -0.15) is 0 Å². The summed E-state index contributed by atoms with van der Waals surface area (Å²) >= 11 is 0. The first-order valence-electron chi connectivity index (χ1n) is 4.74. The van der Waals surface area contributed by atoms with Crippen LogP contribution in [0.5, 0.6) is 0 Å². The molecular weight excluding hydrogens is 210 g/mol. The minimum absolute atomic E-state index is 0.365. The lowest BCUT2D eigenvalue weighted by atomic mass is 9.98. The second kappa shape index (κ2) is 3.31. The number of carbonyl (C=O) groups excluding carboxylic acids is 2. The Labute approximate surface area is 92.2 Å². The summed E-state index contributed by atoms with van der Waals surface area (Å²) in [6.07, 6.45) is -0.796. The van der Waals surface area contributed by atoms with Crippen LogP contribution in [0.2, 0.25) is 0 Å². The highest BCUT2D eigenvalue weighted by Crippen LogP contribution is 2.39. The van der Waals surface area contributed by atoms with Gasteiger partial charge >= 0.3 is 6.09 Å². The van der Waals surface area contributed by atoms with Gasteiger partial charge in [-0.1, -0.05) is 18.2 Å². The monoisotopic (exact) mass is 221 g/mol. The number of amides is 2. The summed E-state index contributed by atoms with van der Waals surface area (Å²) in [7, 11) is 1.19. The van der Waals surface area contributed by atoms with Crippen LogP contribution >= 0.6 is 0 Å². The molecule has 0 fully saturated rings. The average molecular weight is 221 g/mol. The number of imide groups is 1. The maximum absolute atomic E-state index is 11.9. The van der Waals surface area contributed by atoms with Gasteiger partial charge in [-0.25, -0.2) is 9.69 Å². The standard InChI is InChI=1S/C11H11NO4/c1-11(15)7-5-3-4-6-8(7)12(9(11)13)10(14)16-2/h3-6,15H,1-2H3. The molecule has 1 heterocycles. The van der Waals surface area contributed by atoms with Crippen LogP contribution in [0.3, 0.4) is 0 Å². The quantitative estimate of drug-likeness (QED) is 0.709. The van der Waals surface area contributed by atoms with E-state index >= 15 is 0 Å². The number of benzene rings is 1. The Morgan fingerprint density at radius 2 is 2.06 bits per heavy atom. The van der Waals surface area contributed by atoms with Crippen molar-refractivity contribution in [2.45, 2.75) is 12.5 Å². The van der Waals surface area contributed by atoms with E-state index in [-0.39, 0.29) is 0 Å². The molecule has 0 aliphatic carbocycles. The van der Waals surface area contributed by atoms with Crippen molar-refractivity contribution < 1.29 is 19.4 Å². The summed E-state index contributed by atoms with van der Waals surface area (Å²) in [6.45, 7) is 1.36. The molecule has 84 valence electrons.